The molecule has 1 saturated carbocycles. The summed E-state index contributed by atoms with van der Waals surface area (Å²) < 4.78 is 5.58. The number of piperidine rings is 1. The molecule has 4 heteroatoms. The normalized spacial score (nSPS) is 23.4. The van der Waals surface area contributed by atoms with Gasteiger partial charge in [-0.2, -0.15) is 0 Å². The highest BCUT2D eigenvalue weighted by Gasteiger charge is 2.54. The van der Waals surface area contributed by atoms with Gasteiger partial charge in [-0.25, -0.2) is 4.79 Å². The molecule has 1 aromatic carbocycles. The van der Waals surface area contributed by atoms with Crippen LogP contribution >= 0.6 is 0 Å². The van der Waals surface area contributed by atoms with Crippen molar-refractivity contribution in [2.24, 2.45) is 0 Å². The molecule has 120 valence electrons. The molecule has 1 aliphatic heterocycles. The van der Waals surface area contributed by atoms with Crippen LogP contribution in [0.2, 0.25) is 0 Å². The molecule has 4 nitrogen and oxygen atoms in total. The van der Waals surface area contributed by atoms with Crippen LogP contribution in [0.25, 0.3) is 0 Å². The van der Waals surface area contributed by atoms with Gasteiger partial charge in [0, 0.05) is 17.8 Å². The first-order chi connectivity index (χ1) is 10.3. The summed E-state index contributed by atoms with van der Waals surface area (Å²) in [6.07, 6.45) is 4.07. The number of carbonyl (C=O) groups excluding carboxylic acids is 1. The minimum atomic E-state index is -0.430. The fraction of sp³-hybridized carbons (Fsp3) is 0.611. The van der Waals surface area contributed by atoms with Crippen LogP contribution in [0.1, 0.15) is 57.9 Å². The monoisotopic (exact) mass is 302 g/mol. The average molecular weight is 302 g/mol. The highest BCUT2D eigenvalue weighted by atomic mass is 16.6. The van der Waals surface area contributed by atoms with Crippen molar-refractivity contribution in [1.82, 2.24) is 4.90 Å². The van der Waals surface area contributed by atoms with Crippen LogP contribution in [0.4, 0.5) is 10.5 Å². The zero-order chi connectivity index (χ0) is 16.0. The molecule has 1 amide bonds. The highest BCUT2D eigenvalue weighted by Crippen LogP contribution is 2.52. The lowest BCUT2D eigenvalue weighted by atomic mass is 9.84. The number of benzene rings is 1. The third-order valence-corrected chi connectivity index (χ3v) is 4.75. The van der Waals surface area contributed by atoms with Crippen LogP contribution in [0, 0.1) is 0 Å². The predicted octanol–water partition coefficient (Wildman–Crippen LogP) is 3.92. The molecule has 0 bridgehead atoms. The molecule has 0 aromatic heterocycles. The molecule has 2 aliphatic rings. The van der Waals surface area contributed by atoms with Crippen molar-refractivity contribution in [1.29, 1.82) is 0 Å². The highest BCUT2D eigenvalue weighted by molar-refractivity contribution is 5.70. The van der Waals surface area contributed by atoms with Crippen molar-refractivity contribution in [2.75, 3.05) is 12.3 Å². The molecule has 1 aromatic rings. The third kappa shape index (κ3) is 3.06. The number of rotatable bonds is 1. The summed E-state index contributed by atoms with van der Waals surface area (Å²) in [5.74, 6) is 0.516. The Kier molecular flexibility index (Phi) is 3.58. The van der Waals surface area contributed by atoms with E-state index >= 15 is 0 Å². The van der Waals surface area contributed by atoms with Gasteiger partial charge in [-0.15, -0.1) is 0 Å². The number of nitrogens with two attached hydrogens (primary N) is 1. The molecule has 1 heterocycles. The van der Waals surface area contributed by atoms with Gasteiger partial charge in [0.05, 0.1) is 0 Å². The van der Waals surface area contributed by atoms with Gasteiger partial charge in [0.25, 0.3) is 0 Å². The minimum absolute atomic E-state index is 0.0344. The maximum Gasteiger partial charge on any atom is 0.410 e. The van der Waals surface area contributed by atoms with Gasteiger partial charge < -0.3 is 15.4 Å². The quantitative estimate of drug-likeness (QED) is 0.800. The summed E-state index contributed by atoms with van der Waals surface area (Å²) in [4.78, 5) is 14.4. The molecule has 1 aliphatic carbocycles. The standard InChI is InChI=1S/C18H26N2O2/c1-17(2,3)22-16(21)20-11-8-14(12-18(20)9-10-18)13-4-6-15(19)7-5-13/h4-7,14H,8-12,19H2,1-3H3. The van der Waals surface area contributed by atoms with Gasteiger partial charge in [-0.1, -0.05) is 12.1 Å². The van der Waals surface area contributed by atoms with E-state index in [9.17, 15) is 4.79 Å². The molecule has 1 saturated heterocycles. The van der Waals surface area contributed by atoms with Crippen LogP contribution in [0.5, 0.6) is 0 Å². The topological polar surface area (TPSA) is 55.6 Å². The zero-order valence-electron chi connectivity index (χ0n) is 13.8. The first kappa shape index (κ1) is 15.2. The van der Waals surface area contributed by atoms with Crippen LogP contribution in [-0.4, -0.2) is 28.7 Å². The van der Waals surface area contributed by atoms with E-state index in [1.807, 2.05) is 37.8 Å². The van der Waals surface area contributed by atoms with Gasteiger partial charge in [0.2, 0.25) is 0 Å². The Balaban J connectivity index is 1.70. The van der Waals surface area contributed by atoms with Gasteiger partial charge in [0.15, 0.2) is 0 Å². The van der Waals surface area contributed by atoms with Crippen molar-refractivity contribution in [2.45, 2.75) is 63.5 Å². The summed E-state index contributed by atoms with van der Waals surface area (Å²) in [6.45, 7) is 6.55. The van der Waals surface area contributed by atoms with Gasteiger partial charge >= 0.3 is 6.09 Å². The molecule has 2 N–H and O–H groups in total. The number of hydrogen-bond acceptors (Lipinski definition) is 3. The SMILES string of the molecule is CC(C)(C)OC(=O)N1CCC(c2ccc(N)cc2)CC12CC2. The summed E-state index contributed by atoms with van der Waals surface area (Å²) in [5.41, 5.74) is 7.52. The van der Waals surface area contributed by atoms with E-state index in [1.54, 1.807) is 0 Å². The van der Waals surface area contributed by atoms with Crippen LogP contribution in [-0.2, 0) is 4.74 Å². The summed E-state index contributed by atoms with van der Waals surface area (Å²) in [7, 11) is 0. The summed E-state index contributed by atoms with van der Waals surface area (Å²) >= 11 is 0. The van der Waals surface area contributed by atoms with Crippen molar-refractivity contribution < 1.29 is 9.53 Å². The Morgan fingerprint density at radius 2 is 1.91 bits per heavy atom. The molecule has 3 rings (SSSR count). The third-order valence-electron chi connectivity index (χ3n) is 4.75. The number of nitrogens with zero attached hydrogens (tertiary/aromatic N) is 1. The number of ether oxygens (including phenoxy) is 1. The van der Waals surface area contributed by atoms with Crippen molar-refractivity contribution in [3.05, 3.63) is 29.8 Å². The lowest BCUT2D eigenvalue weighted by molar-refractivity contribution is 0.00372. The molecular formula is C18H26N2O2. The lowest BCUT2D eigenvalue weighted by Gasteiger charge is -2.40. The Hall–Kier alpha value is -1.71. The van der Waals surface area contributed by atoms with Crippen molar-refractivity contribution in [3.63, 3.8) is 0 Å². The smallest absolute Gasteiger partial charge is 0.410 e. The van der Waals surface area contributed by atoms with E-state index in [-0.39, 0.29) is 11.6 Å². The van der Waals surface area contributed by atoms with E-state index in [1.165, 1.54) is 5.56 Å². The van der Waals surface area contributed by atoms with E-state index in [2.05, 4.69) is 12.1 Å². The summed E-state index contributed by atoms with van der Waals surface area (Å²) in [5, 5.41) is 0. The first-order valence-electron chi connectivity index (χ1n) is 8.15. The number of likely N-dealkylation sites (tertiary alicyclic amines) is 1. The number of hydrogen-bond donors (Lipinski definition) is 1. The number of carbonyl (C=O) groups is 1. The molecule has 1 unspecified atom stereocenters. The average Bonchev–Trinajstić information content (AvgIpc) is 3.17. The molecule has 22 heavy (non-hydrogen) atoms. The number of anilines is 1. The maximum absolute atomic E-state index is 12.4. The van der Waals surface area contributed by atoms with Gasteiger partial charge in [-0.3, -0.25) is 0 Å². The largest absolute Gasteiger partial charge is 0.444 e. The molecule has 1 spiro atoms. The van der Waals surface area contributed by atoms with Gasteiger partial charge in [-0.05, 0) is 70.1 Å². The van der Waals surface area contributed by atoms with Gasteiger partial charge in [0.1, 0.15) is 5.60 Å². The Morgan fingerprint density at radius 3 is 2.45 bits per heavy atom. The fourth-order valence-corrected chi connectivity index (χ4v) is 3.47. The van der Waals surface area contributed by atoms with E-state index < -0.39 is 5.60 Å². The van der Waals surface area contributed by atoms with Crippen LogP contribution < -0.4 is 5.73 Å². The van der Waals surface area contributed by atoms with Crippen LogP contribution in [0.3, 0.4) is 0 Å². The van der Waals surface area contributed by atoms with Crippen LogP contribution in [0.15, 0.2) is 24.3 Å². The zero-order valence-corrected chi connectivity index (χ0v) is 13.8. The lowest BCUT2D eigenvalue weighted by Crippen LogP contribution is -2.49. The van der Waals surface area contributed by atoms with E-state index in [0.29, 0.717) is 5.92 Å². The predicted molar refractivity (Wildman–Crippen MR) is 87.7 cm³/mol. The van der Waals surface area contributed by atoms with Crippen molar-refractivity contribution >= 4 is 11.8 Å². The Labute approximate surface area is 132 Å². The first-order valence-corrected chi connectivity index (χ1v) is 8.15. The maximum atomic E-state index is 12.4. The minimum Gasteiger partial charge on any atom is -0.444 e. The second-order valence-corrected chi connectivity index (χ2v) is 7.71. The molecule has 0 radical (unpaired) electrons. The van der Waals surface area contributed by atoms with E-state index in [4.69, 9.17) is 10.5 Å². The number of nitrogen functional groups attached to an aromatic ring is 1. The number of amides is 1. The molecular weight excluding hydrogens is 276 g/mol. The Morgan fingerprint density at radius 1 is 1.27 bits per heavy atom. The fourth-order valence-electron chi connectivity index (χ4n) is 3.47. The molecule has 2 fully saturated rings. The Bertz CT molecular complexity index is 555. The second kappa shape index (κ2) is 5.18. The summed E-state index contributed by atoms with van der Waals surface area (Å²) in [6, 6.07) is 8.18. The van der Waals surface area contributed by atoms with Crippen molar-refractivity contribution in [3.8, 4) is 0 Å². The van der Waals surface area contributed by atoms with E-state index in [0.717, 1.165) is 37.9 Å². The molecule has 1 atom stereocenters. The second-order valence-electron chi connectivity index (χ2n) is 7.71.